The van der Waals surface area contributed by atoms with Crippen LogP contribution in [-0.4, -0.2) is 17.0 Å². The zero-order chi connectivity index (χ0) is 13.0. The molecule has 1 aromatic carbocycles. The number of hydrogen-bond acceptors (Lipinski definition) is 2. The lowest BCUT2D eigenvalue weighted by Crippen LogP contribution is -2.33. The Balaban J connectivity index is 1.88. The summed E-state index contributed by atoms with van der Waals surface area (Å²) < 4.78 is 0. The van der Waals surface area contributed by atoms with Gasteiger partial charge in [-0.1, -0.05) is 42.6 Å². The average Bonchev–Trinajstić information content (AvgIpc) is 2.79. The first-order valence-electron chi connectivity index (χ1n) is 6.49. The van der Waals surface area contributed by atoms with E-state index in [1.54, 1.807) is 0 Å². The largest absolute Gasteiger partial charge is 0.309 e. The third-order valence-corrected chi connectivity index (χ3v) is 5.45. The summed E-state index contributed by atoms with van der Waals surface area (Å²) in [7, 11) is 0. The van der Waals surface area contributed by atoms with Gasteiger partial charge < -0.3 is 5.32 Å². The normalized spacial score (nSPS) is 23.5. The second-order valence-electron chi connectivity index (χ2n) is 4.66. The maximum absolute atomic E-state index is 6.02. The molecule has 0 heterocycles. The van der Waals surface area contributed by atoms with Crippen molar-refractivity contribution < 1.29 is 0 Å². The molecule has 1 nitrogen and oxygen atoms in total. The minimum atomic E-state index is 0.626. The van der Waals surface area contributed by atoms with Gasteiger partial charge in [0.15, 0.2) is 0 Å². The zero-order valence-electron chi connectivity index (χ0n) is 10.6. The molecule has 2 unspecified atom stereocenters. The molecule has 0 bridgehead atoms. The van der Waals surface area contributed by atoms with E-state index in [4.69, 9.17) is 23.2 Å². The summed E-state index contributed by atoms with van der Waals surface area (Å²) in [5.74, 6) is 1.20. The molecule has 1 saturated carbocycles. The second kappa shape index (κ2) is 7.04. The molecule has 2 rings (SSSR count). The molecule has 0 radical (unpaired) electrons. The molecular formula is C14H19Cl2NS. The molecule has 4 heteroatoms. The second-order valence-corrected chi connectivity index (χ2v) is 6.99. The SMILES string of the molecule is CCSC1CCCC1NCc1ccc(Cl)c(Cl)c1. The maximum atomic E-state index is 6.02. The highest BCUT2D eigenvalue weighted by Gasteiger charge is 2.26. The van der Waals surface area contributed by atoms with E-state index >= 15 is 0 Å². The highest BCUT2D eigenvalue weighted by Crippen LogP contribution is 2.30. The fraction of sp³-hybridized carbons (Fsp3) is 0.571. The van der Waals surface area contributed by atoms with Crippen LogP contribution in [0, 0.1) is 0 Å². The molecule has 0 aliphatic heterocycles. The van der Waals surface area contributed by atoms with Gasteiger partial charge in [-0.2, -0.15) is 11.8 Å². The number of thioether (sulfide) groups is 1. The Morgan fingerprint density at radius 2 is 2.11 bits per heavy atom. The van der Waals surface area contributed by atoms with Gasteiger partial charge >= 0.3 is 0 Å². The Morgan fingerprint density at radius 1 is 1.28 bits per heavy atom. The molecule has 1 aliphatic rings. The lowest BCUT2D eigenvalue weighted by molar-refractivity contribution is 0.532. The van der Waals surface area contributed by atoms with Gasteiger partial charge in [-0.3, -0.25) is 0 Å². The van der Waals surface area contributed by atoms with E-state index in [2.05, 4.69) is 24.0 Å². The minimum Gasteiger partial charge on any atom is -0.309 e. The Hall–Kier alpha value is 0.110. The van der Waals surface area contributed by atoms with Crippen LogP contribution in [0.2, 0.25) is 10.0 Å². The Labute approximate surface area is 124 Å². The van der Waals surface area contributed by atoms with Crippen molar-refractivity contribution in [1.82, 2.24) is 5.32 Å². The van der Waals surface area contributed by atoms with Crippen LogP contribution in [0.1, 0.15) is 31.7 Å². The molecule has 0 amide bonds. The Morgan fingerprint density at radius 3 is 2.83 bits per heavy atom. The average molecular weight is 304 g/mol. The smallest absolute Gasteiger partial charge is 0.0595 e. The Kier molecular flexibility index (Phi) is 5.68. The first kappa shape index (κ1) is 14.5. The summed E-state index contributed by atoms with van der Waals surface area (Å²) in [5.41, 5.74) is 1.21. The number of benzene rings is 1. The number of hydrogen-bond donors (Lipinski definition) is 1. The molecule has 1 N–H and O–H groups in total. The van der Waals surface area contributed by atoms with Crippen molar-refractivity contribution in [1.29, 1.82) is 0 Å². The first-order valence-corrected chi connectivity index (χ1v) is 8.30. The summed E-state index contributed by atoms with van der Waals surface area (Å²) in [6.07, 6.45) is 3.98. The summed E-state index contributed by atoms with van der Waals surface area (Å²) in [6.45, 7) is 3.11. The highest BCUT2D eigenvalue weighted by atomic mass is 35.5. The fourth-order valence-electron chi connectivity index (χ4n) is 2.47. The van der Waals surface area contributed by atoms with E-state index in [0.29, 0.717) is 16.1 Å². The molecule has 1 aromatic rings. The van der Waals surface area contributed by atoms with Crippen molar-refractivity contribution in [2.75, 3.05) is 5.75 Å². The number of nitrogens with one attached hydrogen (secondary N) is 1. The Bertz CT molecular complexity index is 397. The van der Waals surface area contributed by atoms with Crippen LogP contribution in [0.15, 0.2) is 18.2 Å². The molecule has 0 aromatic heterocycles. The van der Waals surface area contributed by atoms with Gasteiger partial charge in [-0.25, -0.2) is 0 Å². The molecule has 0 saturated heterocycles. The van der Waals surface area contributed by atoms with Crippen LogP contribution in [0.5, 0.6) is 0 Å². The van der Waals surface area contributed by atoms with Crippen molar-refractivity contribution >= 4 is 35.0 Å². The van der Waals surface area contributed by atoms with Gasteiger partial charge in [-0.05, 0) is 36.3 Å². The molecule has 18 heavy (non-hydrogen) atoms. The third-order valence-electron chi connectivity index (χ3n) is 3.39. The van der Waals surface area contributed by atoms with Gasteiger partial charge in [-0.15, -0.1) is 0 Å². The quantitative estimate of drug-likeness (QED) is 0.842. The third kappa shape index (κ3) is 3.80. The predicted octanol–water partition coefficient (Wildman–Crippen LogP) is 4.76. The molecule has 2 atom stereocenters. The topological polar surface area (TPSA) is 12.0 Å². The lowest BCUT2D eigenvalue weighted by atomic mass is 10.2. The van der Waals surface area contributed by atoms with Gasteiger partial charge in [0.25, 0.3) is 0 Å². The molecule has 1 fully saturated rings. The van der Waals surface area contributed by atoms with Gasteiger partial charge in [0.05, 0.1) is 10.0 Å². The summed E-state index contributed by atoms with van der Waals surface area (Å²) in [4.78, 5) is 0. The van der Waals surface area contributed by atoms with Crippen molar-refractivity contribution in [3.05, 3.63) is 33.8 Å². The van der Waals surface area contributed by atoms with E-state index in [-0.39, 0.29) is 0 Å². The number of rotatable bonds is 5. The van der Waals surface area contributed by atoms with Gasteiger partial charge in [0.1, 0.15) is 0 Å². The van der Waals surface area contributed by atoms with Crippen LogP contribution in [0.3, 0.4) is 0 Å². The molecule has 0 spiro atoms. The number of halogens is 2. The monoisotopic (exact) mass is 303 g/mol. The maximum Gasteiger partial charge on any atom is 0.0595 e. The van der Waals surface area contributed by atoms with Crippen LogP contribution >= 0.6 is 35.0 Å². The van der Waals surface area contributed by atoms with Gasteiger partial charge in [0.2, 0.25) is 0 Å². The van der Waals surface area contributed by atoms with E-state index in [0.717, 1.165) is 11.8 Å². The molecule has 1 aliphatic carbocycles. The standard InChI is InChI=1S/C14H19Cl2NS/c1-2-18-14-5-3-4-13(14)17-9-10-6-7-11(15)12(16)8-10/h6-8,13-14,17H,2-5,9H2,1H3. The van der Waals surface area contributed by atoms with E-state index in [1.165, 1.54) is 30.6 Å². The summed E-state index contributed by atoms with van der Waals surface area (Å²) in [5, 5.41) is 5.70. The van der Waals surface area contributed by atoms with Gasteiger partial charge in [0, 0.05) is 17.8 Å². The zero-order valence-corrected chi connectivity index (χ0v) is 12.9. The minimum absolute atomic E-state index is 0.626. The molecule has 100 valence electrons. The van der Waals surface area contributed by atoms with Crippen molar-refractivity contribution in [2.24, 2.45) is 0 Å². The van der Waals surface area contributed by atoms with Crippen LogP contribution in [0.4, 0.5) is 0 Å². The first-order chi connectivity index (χ1) is 8.70. The predicted molar refractivity (Wildman–Crippen MR) is 82.9 cm³/mol. The lowest BCUT2D eigenvalue weighted by Gasteiger charge is -2.20. The van der Waals surface area contributed by atoms with E-state index in [9.17, 15) is 0 Å². The summed E-state index contributed by atoms with van der Waals surface area (Å²) >= 11 is 14.0. The van der Waals surface area contributed by atoms with Crippen LogP contribution in [0.25, 0.3) is 0 Å². The van der Waals surface area contributed by atoms with E-state index in [1.807, 2.05) is 18.2 Å². The van der Waals surface area contributed by atoms with Crippen molar-refractivity contribution in [3.8, 4) is 0 Å². The van der Waals surface area contributed by atoms with Crippen molar-refractivity contribution in [2.45, 2.75) is 44.0 Å². The van der Waals surface area contributed by atoms with Crippen molar-refractivity contribution in [3.63, 3.8) is 0 Å². The highest BCUT2D eigenvalue weighted by molar-refractivity contribution is 7.99. The summed E-state index contributed by atoms with van der Waals surface area (Å²) in [6, 6.07) is 6.50. The molecular weight excluding hydrogens is 285 g/mol. The van der Waals surface area contributed by atoms with Crippen LogP contribution < -0.4 is 5.32 Å². The van der Waals surface area contributed by atoms with E-state index < -0.39 is 0 Å². The fourth-order valence-corrected chi connectivity index (χ4v) is 4.02. The van der Waals surface area contributed by atoms with Crippen LogP contribution in [-0.2, 0) is 6.54 Å².